The van der Waals surface area contributed by atoms with Crippen molar-refractivity contribution in [3.05, 3.63) is 86.9 Å². The number of Topliss-reactive ketones (excluding diaryl/α,β-unsaturated/α-hetero) is 2. The van der Waals surface area contributed by atoms with Gasteiger partial charge in [-0.25, -0.2) is 0 Å². The van der Waals surface area contributed by atoms with Crippen molar-refractivity contribution in [2.75, 3.05) is 33.1 Å². The predicted molar refractivity (Wildman–Crippen MR) is 210 cm³/mol. The lowest BCUT2D eigenvalue weighted by Crippen LogP contribution is -2.65. The molecule has 3 aliphatic rings. The average molecular weight is 743 g/mol. The summed E-state index contributed by atoms with van der Waals surface area (Å²) in [5, 5.41) is 20.5. The number of allylic oxidation sites excluding steroid dienone is 1. The summed E-state index contributed by atoms with van der Waals surface area (Å²) in [6.45, 7) is 19.7. The van der Waals surface area contributed by atoms with Gasteiger partial charge in [0.05, 0.1) is 6.04 Å². The molecule has 286 valence electrons. The number of rotatable bonds is 9. The van der Waals surface area contributed by atoms with Crippen LogP contribution in [0.15, 0.2) is 52.3 Å². The number of aromatic nitrogens is 1. The number of hydrogen-bond acceptors (Lipinski definition) is 10. The number of anilines is 1. The molecule has 0 fully saturated rings. The van der Waals surface area contributed by atoms with Gasteiger partial charge in [-0.15, -0.1) is 0 Å². The van der Waals surface area contributed by atoms with E-state index in [9.17, 15) is 5.11 Å². The molecular formula is C42H58N4O6Si. The first-order valence-corrected chi connectivity index (χ1v) is 21.6. The van der Waals surface area contributed by atoms with Gasteiger partial charge in [-0.05, 0) is 106 Å². The molecule has 10 nitrogen and oxygen atoms in total. The lowest BCUT2D eigenvalue weighted by atomic mass is 9.58. The molecule has 0 amide bonds. The Morgan fingerprint density at radius 2 is 1.70 bits per heavy atom. The molecule has 0 unspecified atom stereocenters. The monoisotopic (exact) mass is 742 g/mol. The number of carbonyl (C=O) groups excluding carboxylic acids is 2. The van der Waals surface area contributed by atoms with Crippen molar-refractivity contribution in [1.82, 2.24) is 15.4 Å². The Balaban J connectivity index is 1.57. The fourth-order valence-electron chi connectivity index (χ4n) is 8.38. The fourth-order valence-corrected chi connectivity index (χ4v) is 9.83. The van der Waals surface area contributed by atoms with Crippen LogP contribution >= 0.6 is 0 Å². The van der Waals surface area contributed by atoms with E-state index in [1.54, 1.807) is 0 Å². The standard InChI is InChI=1S/C42H58N4O6Si/c1-24-19-27(22-43-40(2,3)4)33(45(8)9)28-20-26-21-29-34(46(10)11)36-32(39(44-51-36)50-23-25-17-15-14-16-18-25)38(49)42(29,52-53(12,13)41(5,6)7)37(48)31(26)35(47)30(24)28/h14-19,26,29,34,43,48H,20-23H2,1-13H3/t26-,29-,34-,42-/m0/s1. The predicted octanol–water partition coefficient (Wildman–Crippen LogP) is 7.96. The van der Waals surface area contributed by atoms with Crippen molar-refractivity contribution in [2.45, 2.75) is 110 Å². The molecule has 2 N–H and O–H groups in total. The summed E-state index contributed by atoms with van der Waals surface area (Å²) in [6, 6.07) is 11.2. The van der Waals surface area contributed by atoms with Crippen molar-refractivity contribution in [3.8, 4) is 5.88 Å². The average Bonchev–Trinajstić information content (AvgIpc) is 3.46. The third-order valence-corrected chi connectivity index (χ3v) is 16.3. The number of ether oxygens (including phenoxy) is 1. The Bertz CT molecular complexity index is 1950. The minimum absolute atomic E-state index is 0.0560. The highest BCUT2D eigenvalue weighted by Gasteiger charge is 2.67. The lowest BCUT2D eigenvalue weighted by Gasteiger charge is -2.55. The highest BCUT2D eigenvalue weighted by atomic mass is 28.4. The molecule has 4 atom stereocenters. The Hall–Kier alpha value is -3.77. The summed E-state index contributed by atoms with van der Waals surface area (Å²) in [5.74, 6) is -1.48. The highest BCUT2D eigenvalue weighted by Crippen LogP contribution is 2.60. The fraction of sp³-hybridized carbons (Fsp3) is 0.548. The molecule has 0 radical (unpaired) electrons. The number of nitrogens with zero attached hydrogens (tertiary/aromatic N) is 3. The van der Waals surface area contributed by atoms with Crippen LogP contribution in [0.2, 0.25) is 18.1 Å². The number of benzene rings is 2. The van der Waals surface area contributed by atoms with Crippen LogP contribution in [-0.2, 0) is 24.0 Å². The van der Waals surface area contributed by atoms with Crippen molar-refractivity contribution in [2.24, 2.45) is 11.8 Å². The van der Waals surface area contributed by atoms with Crippen LogP contribution in [0.4, 0.5) is 5.69 Å². The van der Waals surface area contributed by atoms with E-state index in [2.05, 4.69) is 76.1 Å². The molecular weight excluding hydrogens is 685 g/mol. The lowest BCUT2D eigenvalue weighted by molar-refractivity contribution is -0.0480. The number of hydrogen-bond donors (Lipinski definition) is 2. The minimum atomic E-state index is -2.81. The Morgan fingerprint density at radius 3 is 2.28 bits per heavy atom. The van der Waals surface area contributed by atoms with Gasteiger partial charge in [-0.3, -0.25) is 14.5 Å². The number of aliphatic hydroxyl groups excluding tert-OH is 1. The summed E-state index contributed by atoms with van der Waals surface area (Å²) >= 11 is 0. The quantitative estimate of drug-likeness (QED) is 0.209. The smallest absolute Gasteiger partial charge is 0.265 e. The first-order valence-electron chi connectivity index (χ1n) is 18.7. The molecule has 0 aliphatic heterocycles. The molecule has 1 heterocycles. The van der Waals surface area contributed by atoms with E-state index in [1.165, 1.54) is 0 Å². The molecule has 3 aromatic rings. The Morgan fingerprint density at radius 1 is 1.04 bits per heavy atom. The summed E-state index contributed by atoms with van der Waals surface area (Å²) in [4.78, 5) is 34.6. The molecule has 0 saturated carbocycles. The zero-order chi connectivity index (χ0) is 39.0. The van der Waals surface area contributed by atoms with E-state index in [-0.39, 0.29) is 51.7 Å². The first-order chi connectivity index (χ1) is 24.6. The van der Waals surface area contributed by atoms with Gasteiger partial charge in [-0.1, -0.05) is 57.2 Å². The zero-order valence-corrected chi connectivity index (χ0v) is 34.9. The second kappa shape index (κ2) is 13.5. The number of aryl methyl sites for hydroxylation is 1. The number of carbonyl (C=O) groups is 2. The van der Waals surface area contributed by atoms with Gasteiger partial charge in [0.1, 0.15) is 17.9 Å². The van der Waals surface area contributed by atoms with E-state index in [0.29, 0.717) is 30.7 Å². The van der Waals surface area contributed by atoms with Gasteiger partial charge < -0.3 is 29.0 Å². The summed E-state index contributed by atoms with van der Waals surface area (Å²) in [6.07, 6.45) is 0.957. The molecule has 0 bridgehead atoms. The Kier molecular flexibility index (Phi) is 9.93. The molecule has 6 rings (SSSR count). The molecule has 1 aromatic heterocycles. The van der Waals surface area contributed by atoms with Crippen molar-refractivity contribution in [1.29, 1.82) is 0 Å². The maximum Gasteiger partial charge on any atom is 0.265 e. The van der Waals surface area contributed by atoms with E-state index in [1.807, 2.05) is 70.3 Å². The van der Waals surface area contributed by atoms with Crippen LogP contribution in [0, 0.1) is 18.8 Å². The molecule has 3 aliphatic carbocycles. The van der Waals surface area contributed by atoms with E-state index in [0.717, 1.165) is 27.9 Å². The molecule has 2 aromatic carbocycles. The molecule has 0 spiro atoms. The third kappa shape index (κ3) is 6.57. The largest absolute Gasteiger partial charge is 0.508 e. The minimum Gasteiger partial charge on any atom is -0.508 e. The van der Waals surface area contributed by atoms with Crippen LogP contribution < -0.4 is 15.0 Å². The highest BCUT2D eigenvalue weighted by molar-refractivity contribution is 6.74. The van der Waals surface area contributed by atoms with Gasteiger partial charge in [0, 0.05) is 48.9 Å². The zero-order valence-electron chi connectivity index (χ0n) is 33.9. The number of fused-ring (bicyclic) bond motifs is 4. The van der Waals surface area contributed by atoms with Gasteiger partial charge in [0.2, 0.25) is 5.78 Å². The summed E-state index contributed by atoms with van der Waals surface area (Å²) in [7, 11) is 5.10. The topological polar surface area (TPSA) is 117 Å². The third-order valence-electron chi connectivity index (χ3n) is 11.8. The van der Waals surface area contributed by atoms with Gasteiger partial charge in [0.15, 0.2) is 25.5 Å². The number of aliphatic hydroxyl groups is 1. The van der Waals surface area contributed by atoms with Crippen molar-refractivity contribution in [3.63, 3.8) is 0 Å². The molecule has 53 heavy (non-hydrogen) atoms. The number of ketones is 2. The van der Waals surface area contributed by atoms with Crippen molar-refractivity contribution >= 4 is 25.6 Å². The Labute approximate surface area is 316 Å². The van der Waals surface area contributed by atoms with Gasteiger partial charge in [0.25, 0.3) is 5.88 Å². The first kappa shape index (κ1) is 38.9. The normalized spacial score (nSPS) is 23.1. The van der Waals surface area contributed by atoms with Crippen molar-refractivity contribution < 1.29 is 28.4 Å². The van der Waals surface area contributed by atoms with Crippen LogP contribution in [0.25, 0.3) is 0 Å². The van der Waals surface area contributed by atoms with Gasteiger partial charge in [-0.2, -0.15) is 0 Å². The maximum atomic E-state index is 15.5. The van der Waals surface area contributed by atoms with E-state index >= 15 is 9.59 Å². The summed E-state index contributed by atoms with van der Waals surface area (Å²) in [5.41, 5.74) is 3.95. The van der Waals surface area contributed by atoms with Gasteiger partial charge >= 0.3 is 0 Å². The second-order valence-corrected chi connectivity index (χ2v) is 22.9. The van der Waals surface area contributed by atoms with Crippen LogP contribution in [0.1, 0.15) is 103 Å². The van der Waals surface area contributed by atoms with Crippen LogP contribution in [0.3, 0.4) is 0 Å². The second-order valence-electron chi connectivity index (χ2n) is 18.2. The van der Waals surface area contributed by atoms with E-state index < -0.39 is 31.7 Å². The number of nitrogens with one attached hydrogen (secondary N) is 1. The summed E-state index contributed by atoms with van der Waals surface area (Å²) < 4.78 is 19.5. The van der Waals surface area contributed by atoms with Crippen LogP contribution in [-0.4, -0.2) is 74.4 Å². The molecule has 0 saturated heterocycles. The molecule has 11 heteroatoms. The van der Waals surface area contributed by atoms with E-state index in [4.69, 9.17) is 13.7 Å². The SMILES string of the molecule is Cc1cc(CNC(C)(C)C)c(N(C)C)c2c1C(=O)C1=C(O)[C@]3(O[Si](C)(C)C(C)(C)C)C(=O)c4c(OCc5ccccc5)noc4[C@@H](N(C)C)[C@@H]3C[C@@H]1C2. The maximum absolute atomic E-state index is 15.5. The van der Waals surface area contributed by atoms with Crippen LogP contribution in [0.5, 0.6) is 5.88 Å².